The highest BCUT2D eigenvalue weighted by Crippen LogP contribution is 2.33. The molecule has 8 heteroatoms. The van der Waals surface area contributed by atoms with E-state index < -0.39 is 0 Å². The number of nitrogens with one attached hydrogen (secondary N) is 1. The molecule has 4 aromatic rings. The van der Waals surface area contributed by atoms with Gasteiger partial charge in [-0.25, -0.2) is 9.50 Å². The van der Waals surface area contributed by atoms with Crippen LogP contribution in [0.2, 0.25) is 10.0 Å². The van der Waals surface area contributed by atoms with Gasteiger partial charge in [-0.2, -0.15) is 5.10 Å². The van der Waals surface area contributed by atoms with E-state index in [0.717, 1.165) is 28.1 Å². The van der Waals surface area contributed by atoms with Crippen LogP contribution < -0.4 is 10.1 Å². The van der Waals surface area contributed by atoms with E-state index in [4.69, 9.17) is 27.9 Å². The molecule has 0 aliphatic carbocycles. The third kappa shape index (κ3) is 4.05. The van der Waals surface area contributed by atoms with Crippen molar-refractivity contribution in [2.75, 3.05) is 6.61 Å². The van der Waals surface area contributed by atoms with E-state index in [1.165, 1.54) is 0 Å². The van der Waals surface area contributed by atoms with Crippen LogP contribution in [0.15, 0.2) is 54.9 Å². The number of carbonyl (C=O) groups excluding carboxylic acids is 1. The number of hydrogen-bond donors (Lipinski definition) is 1. The number of ether oxygens (including phenoxy) is 1. The van der Waals surface area contributed by atoms with Crippen molar-refractivity contribution in [1.82, 2.24) is 19.9 Å². The highest BCUT2D eigenvalue weighted by molar-refractivity contribution is 6.35. The van der Waals surface area contributed by atoms with Crippen LogP contribution in [-0.4, -0.2) is 27.1 Å². The van der Waals surface area contributed by atoms with Gasteiger partial charge in [0.25, 0.3) is 5.91 Å². The zero-order chi connectivity index (χ0) is 23.1. The predicted molar refractivity (Wildman–Crippen MR) is 129 cm³/mol. The minimum Gasteiger partial charge on any atom is -0.493 e. The molecule has 1 aliphatic heterocycles. The fraction of sp³-hybridized carbons (Fsp3) is 0.240. The second kappa shape index (κ2) is 8.69. The van der Waals surface area contributed by atoms with Gasteiger partial charge >= 0.3 is 0 Å². The molecular formula is C25H22Cl2N4O2. The summed E-state index contributed by atoms with van der Waals surface area (Å²) in [6.45, 7) is 4.64. The SMILES string of the molecule is CC(C)c1c(C(=O)N[C@H]2CCOc3ccccc32)cnn2c(-c3cc(Cl)cc(Cl)c3)cnc12. The quantitative estimate of drug-likeness (QED) is 0.384. The van der Waals surface area contributed by atoms with Crippen molar-refractivity contribution in [3.63, 3.8) is 0 Å². The molecule has 33 heavy (non-hydrogen) atoms. The molecule has 5 rings (SSSR count). The topological polar surface area (TPSA) is 68.5 Å². The molecular weight excluding hydrogens is 459 g/mol. The summed E-state index contributed by atoms with van der Waals surface area (Å²) in [5.74, 6) is 0.687. The molecule has 0 unspecified atom stereocenters. The second-order valence-corrected chi connectivity index (χ2v) is 9.24. The summed E-state index contributed by atoms with van der Waals surface area (Å²) in [4.78, 5) is 18.0. The molecule has 168 valence electrons. The Morgan fingerprint density at radius 1 is 1.15 bits per heavy atom. The van der Waals surface area contributed by atoms with Gasteiger partial charge in [0.2, 0.25) is 0 Å². The molecule has 0 radical (unpaired) electrons. The molecule has 1 amide bonds. The minimum absolute atomic E-state index is 0.0522. The van der Waals surface area contributed by atoms with Gasteiger partial charge < -0.3 is 10.1 Å². The zero-order valence-electron chi connectivity index (χ0n) is 18.2. The molecule has 0 saturated heterocycles. The lowest BCUT2D eigenvalue weighted by atomic mass is 9.97. The Bertz CT molecular complexity index is 1350. The number of hydrogen-bond acceptors (Lipinski definition) is 4. The van der Waals surface area contributed by atoms with Gasteiger partial charge in [0, 0.05) is 33.2 Å². The molecule has 1 N–H and O–H groups in total. The first kappa shape index (κ1) is 21.7. The number of amides is 1. The predicted octanol–water partition coefficient (Wildman–Crippen LogP) is 6.08. The Hall–Kier alpha value is -3.09. The van der Waals surface area contributed by atoms with Crippen LogP contribution in [0.25, 0.3) is 16.9 Å². The van der Waals surface area contributed by atoms with Crippen LogP contribution >= 0.6 is 23.2 Å². The van der Waals surface area contributed by atoms with Gasteiger partial charge in [-0.05, 0) is 30.2 Å². The molecule has 0 spiro atoms. The van der Waals surface area contributed by atoms with Crippen molar-refractivity contribution in [2.45, 2.75) is 32.2 Å². The summed E-state index contributed by atoms with van der Waals surface area (Å²) in [5.41, 5.74) is 4.53. The van der Waals surface area contributed by atoms with Crippen LogP contribution in [0.4, 0.5) is 0 Å². The second-order valence-electron chi connectivity index (χ2n) is 8.36. The van der Waals surface area contributed by atoms with Crippen molar-refractivity contribution >= 4 is 34.8 Å². The van der Waals surface area contributed by atoms with Crippen molar-refractivity contribution in [1.29, 1.82) is 0 Å². The maximum atomic E-state index is 13.4. The first-order valence-electron chi connectivity index (χ1n) is 10.8. The number of halogens is 2. The fourth-order valence-corrected chi connectivity index (χ4v) is 4.85. The van der Waals surface area contributed by atoms with Crippen LogP contribution in [0.5, 0.6) is 5.75 Å². The van der Waals surface area contributed by atoms with E-state index in [-0.39, 0.29) is 17.9 Å². The first-order valence-corrected chi connectivity index (χ1v) is 11.5. The van der Waals surface area contributed by atoms with Crippen LogP contribution in [0.3, 0.4) is 0 Å². The van der Waals surface area contributed by atoms with E-state index in [0.29, 0.717) is 34.3 Å². The largest absolute Gasteiger partial charge is 0.493 e. The van der Waals surface area contributed by atoms with E-state index in [9.17, 15) is 4.79 Å². The highest BCUT2D eigenvalue weighted by atomic mass is 35.5. The summed E-state index contributed by atoms with van der Waals surface area (Å²) in [6.07, 6.45) is 4.05. The first-order chi connectivity index (χ1) is 15.9. The summed E-state index contributed by atoms with van der Waals surface area (Å²) < 4.78 is 7.46. The van der Waals surface area contributed by atoms with E-state index >= 15 is 0 Å². The lowest BCUT2D eigenvalue weighted by Gasteiger charge is -2.27. The molecule has 1 aliphatic rings. The Balaban J connectivity index is 1.54. The number of nitrogens with zero attached hydrogens (tertiary/aromatic N) is 3. The van der Waals surface area contributed by atoms with Crippen molar-refractivity contribution < 1.29 is 9.53 Å². The number of carbonyl (C=O) groups is 1. The average molecular weight is 481 g/mol. The smallest absolute Gasteiger partial charge is 0.253 e. The maximum Gasteiger partial charge on any atom is 0.253 e. The van der Waals surface area contributed by atoms with E-state index in [2.05, 4.69) is 15.4 Å². The lowest BCUT2D eigenvalue weighted by molar-refractivity contribution is 0.0923. The summed E-state index contributed by atoms with van der Waals surface area (Å²) in [7, 11) is 0. The normalized spacial score (nSPS) is 15.4. The van der Waals surface area contributed by atoms with Gasteiger partial charge in [-0.3, -0.25) is 4.79 Å². The van der Waals surface area contributed by atoms with E-state index in [1.807, 2.05) is 50.2 Å². The number of benzene rings is 2. The van der Waals surface area contributed by atoms with Crippen LogP contribution in [0, 0.1) is 0 Å². The van der Waals surface area contributed by atoms with Gasteiger partial charge in [-0.15, -0.1) is 0 Å². The van der Waals surface area contributed by atoms with Crippen molar-refractivity contribution in [3.05, 3.63) is 81.6 Å². The number of fused-ring (bicyclic) bond motifs is 2. The lowest BCUT2D eigenvalue weighted by Crippen LogP contribution is -2.33. The Morgan fingerprint density at radius 3 is 2.67 bits per heavy atom. The Morgan fingerprint density at radius 2 is 1.91 bits per heavy atom. The fourth-order valence-electron chi connectivity index (χ4n) is 4.33. The Labute approximate surface area is 201 Å². The summed E-state index contributed by atoms with van der Waals surface area (Å²) >= 11 is 12.4. The van der Waals surface area contributed by atoms with Crippen molar-refractivity contribution in [2.24, 2.45) is 0 Å². The van der Waals surface area contributed by atoms with Gasteiger partial charge in [0.1, 0.15) is 5.75 Å². The summed E-state index contributed by atoms with van der Waals surface area (Å²) in [5, 5.41) is 8.80. The summed E-state index contributed by atoms with van der Waals surface area (Å²) in [6, 6.07) is 13.0. The third-order valence-electron chi connectivity index (χ3n) is 5.82. The molecule has 1 atom stereocenters. The van der Waals surface area contributed by atoms with Gasteiger partial charge in [0.15, 0.2) is 5.65 Å². The van der Waals surface area contributed by atoms with Crippen LogP contribution in [-0.2, 0) is 0 Å². The maximum absolute atomic E-state index is 13.4. The molecule has 3 heterocycles. The highest BCUT2D eigenvalue weighted by Gasteiger charge is 2.26. The average Bonchev–Trinajstić information content (AvgIpc) is 3.22. The molecule has 0 bridgehead atoms. The zero-order valence-corrected chi connectivity index (χ0v) is 19.7. The standard InChI is InChI=1S/C25H22Cl2N4O2/c1-14(2)23-19(25(32)30-20-7-8-33-22-6-4-3-5-18(20)22)12-29-31-21(13-28-24(23)31)15-9-16(26)11-17(27)10-15/h3-6,9-14,20H,7-8H2,1-2H3,(H,30,32)/t20-/m0/s1. The molecule has 6 nitrogen and oxygen atoms in total. The molecule has 2 aromatic heterocycles. The third-order valence-corrected chi connectivity index (χ3v) is 6.25. The van der Waals surface area contributed by atoms with Crippen molar-refractivity contribution in [3.8, 4) is 17.0 Å². The number of para-hydroxylation sites is 1. The molecule has 2 aromatic carbocycles. The Kier molecular flexibility index (Phi) is 5.72. The minimum atomic E-state index is -0.175. The number of imidazole rings is 1. The van der Waals surface area contributed by atoms with Crippen LogP contribution in [0.1, 0.15) is 53.7 Å². The molecule has 0 fully saturated rings. The number of rotatable bonds is 4. The van der Waals surface area contributed by atoms with Gasteiger partial charge in [-0.1, -0.05) is 55.2 Å². The monoisotopic (exact) mass is 480 g/mol. The van der Waals surface area contributed by atoms with E-state index in [1.54, 1.807) is 23.0 Å². The van der Waals surface area contributed by atoms with Gasteiger partial charge in [0.05, 0.1) is 36.3 Å². The molecule has 0 saturated carbocycles. The number of aromatic nitrogens is 3.